The molecule has 0 aliphatic rings. The Hall–Kier alpha value is -2.79. The van der Waals surface area contributed by atoms with E-state index in [-0.39, 0.29) is 17.0 Å². The molecule has 0 fully saturated rings. The molecule has 0 atom stereocenters. The van der Waals surface area contributed by atoms with Gasteiger partial charge in [-0.25, -0.2) is 14.1 Å². The number of halogens is 2. The lowest BCUT2D eigenvalue weighted by molar-refractivity contribution is -0.117. The standard InChI is InChI=1S/C18H13ClFN3O/c19-16-7-4-8-17(20)15(16)11-18(24)22-13-9-10-23(21-12-13)14-5-2-1-3-6-14/h1-10,12H,11H2. The first-order chi connectivity index (χ1) is 11.6. The van der Waals surface area contributed by atoms with E-state index in [2.05, 4.69) is 10.1 Å². The van der Waals surface area contributed by atoms with Crippen molar-refractivity contribution >= 4 is 17.5 Å². The van der Waals surface area contributed by atoms with Gasteiger partial charge in [0, 0.05) is 16.8 Å². The summed E-state index contributed by atoms with van der Waals surface area (Å²) >= 11 is 5.92. The first-order valence-electron chi connectivity index (χ1n) is 7.24. The molecule has 0 saturated heterocycles. The molecule has 2 aromatic carbocycles. The normalized spacial score (nSPS) is 11.5. The Morgan fingerprint density at radius 3 is 2.58 bits per heavy atom. The van der Waals surface area contributed by atoms with Gasteiger partial charge in [-0.1, -0.05) is 35.9 Å². The quantitative estimate of drug-likeness (QED) is 0.733. The molecular weight excluding hydrogens is 329 g/mol. The molecule has 4 nitrogen and oxygen atoms in total. The van der Waals surface area contributed by atoms with Crippen molar-refractivity contribution in [1.29, 1.82) is 0 Å². The Labute approximate surface area is 142 Å². The summed E-state index contributed by atoms with van der Waals surface area (Å²) in [7, 11) is 0. The second-order valence-corrected chi connectivity index (χ2v) is 5.46. The van der Waals surface area contributed by atoms with Crippen LogP contribution >= 0.6 is 11.6 Å². The minimum atomic E-state index is -0.515. The number of carbonyl (C=O) groups excluding carboxylic acids is 1. The van der Waals surface area contributed by atoms with Crippen molar-refractivity contribution in [3.8, 4) is 5.69 Å². The number of hydrogen-bond acceptors (Lipinski definition) is 2. The van der Waals surface area contributed by atoms with E-state index in [0.717, 1.165) is 5.69 Å². The topological polar surface area (TPSA) is 47.2 Å². The molecule has 3 aromatic rings. The van der Waals surface area contributed by atoms with Gasteiger partial charge in [0.1, 0.15) is 5.82 Å². The largest absolute Gasteiger partial charge is 0.272 e. The Kier molecular flexibility index (Phi) is 4.82. The lowest BCUT2D eigenvalue weighted by atomic mass is 10.1. The minimum absolute atomic E-state index is 0.149. The van der Waals surface area contributed by atoms with Crippen LogP contribution in [0, 0.1) is 5.82 Å². The zero-order chi connectivity index (χ0) is 16.9. The highest BCUT2D eigenvalue weighted by molar-refractivity contribution is 6.31. The molecule has 3 rings (SSSR count). The molecule has 0 bridgehead atoms. The van der Waals surface area contributed by atoms with Gasteiger partial charge in [-0.05, 0) is 30.3 Å². The number of nitrogens with zero attached hydrogens (tertiary/aromatic N) is 3. The van der Waals surface area contributed by atoms with Crippen LogP contribution in [-0.2, 0) is 11.2 Å². The number of amides is 1. The van der Waals surface area contributed by atoms with Crippen molar-refractivity contribution in [2.75, 3.05) is 0 Å². The molecule has 0 saturated carbocycles. The summed E-state index contributed by atoms with van der Waals surface area (Å²) in [6.07, 6.45) is 2.99. The Bertz CT molecular complexity index is 898. The monoisotopic (exact) mass is 341 g/mol. The maximum absolute atomic E-state index is 13.7. The van der Waals surface area contributed by atoms with Crippen molar-refractivity contribution in [2.24, 2.45) is 4.99 Å². The number of carbonyl (C=O) groups is 1. The number of para-hydroxylation sites is 1. The SMILES string of the molecule is O=C(Cc1c(F)cccc1Cl)N=c1ccn(-c2ccccc2)nc1. The van der Waals surface area contributed by atoms with Crippen LogP contribution < -0.4 is 5.36 Å². The van der Waals surface area contributed by atoms with E-state index in [1.54, 1.807) is 23.0 Å². The second kappa shape index (κ2) is 7.19. The van der Waals surface area contributed by atoms with Crippen molar-refractivity contribution < 1.29 is 9.18 Å². The highest BCUT2D eigenvalue weighted by atomic mass is 35.5. The summed E-state index contributed by atoms with van der Waals surface area (Å²) in [5, 5.41) is 4.83. The smallest absolute Gasteiger partial charge is 0.250 e. The van der Waals surface area contributed by atoms with Crippen molar-refractivity contribution in [2.45, 2.75) is 6.42 Å². The van der Waals surface area contributed by atoms with Gasteiger partial charge in [-0.3, -0.25) is 4.79 Å². The average Bonchev–Trinajstić information content (AvgIpc) is 2.60. The predicted molar refractivity (Wildman–Crippen MR) is 89.2 cm³/mol. The molecule has 1 amide bonds. The van der Waals surface area contributed by atoms with E-state index in [4.69, 9.17) is 11.6 Å². The van der Waals surface area contributed by atoms with Gasteiger partial charge in [0.05, 0.1) is 23.7 Å². The third-order valence-electron chi connectivity index (χ3n) is 3.37. The summed E-state index contributed by atoms with van der Waals surface area (Å²) in [5.41, 5.74) is 1.05. The fourth-order valence-electron chi connectivity index (χ4n) is 2.19. The molecule has 24 heavy (non-hydrogen) atoms. The van der Waals surface area contributed by atoms with E-state index in [9.17, 15) is 9.18 Å². The van der Waals surface area contributed by atoms with Crippen LogP contribution in [0.3, 0.4) is 0 Å². The first-order valence-corrected chi connectivity index (χ1v) is 7.62. The van der Waals surface area contributed by atoms with Crippen LogP contribution in [0.1, 0.15) is 5.56 Å². The van der Waals surface area contributed by atoms with E-state index in [1.165, 1.54) is 18.3 Å². The van der Waals surface area contributed by atoms with Crippen molar-refractivity contribution in [1.82, 2.24) is 9.78 Å². The first kappa shape index (κ1) is 16.1. The van der Waals surface area contributed by atoms with Gasteiger partial charge in [-0.2, -0.15) is 5.10 Å². The van der Waals surface area contributed by atoms with E-state index in [0.29, 0.717) is 5.36 Å². The Morgan fingerprint density at radius 2 is 1.92 bits per heavy atom. The molecule has 0 N–H and O–H groups in total. The summed E-state index contributed by atoms with van der Waals surface area (Å²) in [4.78, 5) is 15.9. The number of rotatable bonds is 3. The second-order valence-electron chi connectivity index (χ2n) is 5.05. The molecule has 0 aliphatic carbocycles. The molecule has 120 valence electrons. The molecule has 6 heteroatoms. The van der Waals surface area contributed by atoms with Gasteiger partial charge < -0.3 is 0 Å². The number of hydrogen-bond donors (Lipinski definition) is 0. The predicted octanol–water partition coefficient (Wildman–Crippen LogP) is 3.33. The number of aromatic nitrogens is 2. The van der Waals surface area contributed by atoms with Gasteiger partial charge in [0.25, 0.3) is 5.91 Å². The van der Waals surface area contributed by atoms with E-state index < -0.39 is 11.7 Å². The van der Waals surface area contributed by atoms with Gasteiger partial charge >= 0.3 is 0 Å². The van der Waals surface area contributed by atoms with Crippen LogP contribution in [0.2, 0.25) is 5.02 Å². The average molecular weight is 342 g/mol. The highest BCUT2D eigenvalue weighted by Crippen LogP contribution is 2.19. The van der Waals surface area contributed by atoms with E-state index in [1.807, 2.05) is 30.3 Å². The summed E-state index contributed by atoms with van der Waals surface area (Å²) in [5.74, 6) is -1.000. The fourth-order valence-corrected chi connectivity index (χ4v) is 2.42. The minimum Gasteiger partial charge on any atom is -0.272 e. The van der Waals surface area contributed by atoms with Crippen LogP contribution in [0.25, 0.3) is 5.69 Å². The summed E-state index contributed by atoms with van der Waals surface area (Å²) in [6, 6.07) is 15.5. The van der Waals surface area contributed by atoms with Crippen molar-refractivity contribution in [3.63, 3.8) is 0 Å². The molecule has 1 aromatic heterocycles. The Morgan fingerprint density at radius 1 is 1.12 bits per heavy atom. The third-order valence-corrected chi connectivity index (χ3v) is 3.72. The van der Waals surface area contributed by atoms with E-state index >= 15 is 0 Å². The number of benzene rings is 2. The molecule has 0 unspecified atom stereocenters. The van der Waals surface area contributed by atoms with Gasteiger partial charge in [0.2, 0.25) is 0 Å². The van der Waals surface area contributed by atoms with Gasteiger partial charge in [0.15, 0.2) is 0 Å². The van der Waals surface area contributed by atoms with Crippen LogP contribution in [0.5, 0.6) is 0 Å². The molecule has 0 spiro atoms. The maximum Gasteiger partial charge on any atom is 0.250 e. The zero-order valence-electron chi connectivity index (χ0n) is 12.6. The fraction of sp³-hybridized carbons (Fsp3) is 0.0556. The highest BCUT2D eigenvalue weighted by Gasteiger charge is 2.11. The van der Waals surface area contributed by atoms with Gasteiger partial charge in [-0.15, -0.1) is 0 Å². The molecule has 0 radical (unpaired) electrons. The van der Waals surface area contributed by atoms with Crippen LogP contribution in [0.15, 0.2) is 72.0 Å². The lowest BCUT2D eigenvalue weighted by Gasteiger charge is -2.04. The van der Waals surface area contributed by atoms with Crippen molar-refractivity contribution in [3.05, 3.63) is 88.8 Å². The molecular formula is C18H13ClFN3O. The zero-order valence-corrected chi connectivity index (χ0v) is 13.3. The Balaban J connectivity index is 1.80. The third kappa shape index (κ3) is 3.75. The molecule has 0 aliphatic heterocycles. The molecule has 1 heterocycles. The summed E-state index contributed by atoms with van der Waals surface area (Å²) < 4.78 is 15.4. The van der Waals surface area contributed by atoms with Crippen LogP contribution in [-0.4, -0.2) is 15.7 Å². The lowest BCUT2D eigenvalue weighted by Crippen LogP contribution is -2.12. The van der Waals surface area contributed by atoms with Crippen LogP contribution in [0.4, 0.5) is 4.39 Å². The maximum atomic E-state index is 13.7. The summed E-state index contributed by atoms with van der Waals surface area (Å²) in [6.45, 7) is 0.